The Morgan fingerprint density at radius 3 is 2.89 bits per heavy atom. The molecule has 3 heterocycles. The predicted octanol–water partition coefficient (Wildman–Crippen LogP) is 2.96. The van der Waals surface area contributed by atoms with Crippen molar-refractivity contribution in [3.8, 4) is 0 Å². The van der Waals surface area contributed by atoms with Crippen molar-refractivity contribution in [1.82, 2.24) is 19.5 Å². The van der Waals surface area contributed by atoms with Crippen LogP contribution in [0, 0.1) is 18.7 Å². The molecule has 2 aromatic heterocycles. The molecular formula is C21H23FN4O2. The third kappa shape index (κ3) is 3.69. The molecule has 0 saturated carbocycles. The van der Waals surface area contributed by atoms with E-state index >= 15 is 0 Å². The first-order chi connectivity index (χ1) is 13.5. The van der Waals surface area contributed by atoms with Crippen molar-refractivity contribution in [2.24, 2.45) is 5.92 Å². The molecule has 1 saturated heterocycles. The number of hydrogen-bond acceptors (Lipinski definition) is 3. The molecule has 28 heavy (non-hydrogen) atoms. The van der Waals surface area contributed by atoms with Crippen LogP contribution in [0.2, 0.25) is 0 Å². The Hall–Kier alpha value is -2.96. The Bertz CT molecular complexity index is 1050. The van der Waals surface area contributed by atoms with E-state index < -0.39 is 0 Å². The number of halogens is 1. The molecule has 146 valence electrons. The Balaban J connectivity index is 1.45. The fourth-order valence-electron chi connectivity index (χ4n) is 3.96. The van der Waals surface area contributed by atoms with Crippen molar-refractivity contribution in [1.29, 1.82) is 0 Å². The van der Waals surface area contributed by atoms with Crippen LogP contribution in [0.5, 0.6) is 0 Å². The summed E-state index contributed by atoms with van der Waals surface area (Å²) in [4.78, 5) is 30.7. The van der Waals surface area contributed by atoms with E-state index in [1.165, 1.54) is 18.2 Å². The molecule has 1 aliphatic heterocycles. The van der Waals surface area contributed by atoms with E-state index in [1.54, 1.807) is 10.7 Å². The molecule has 0 aliphatic carbocycles. The molecule has 0 unspecified atom stereocenters. The van der Waals surface area contributed by atoms with E-state index in [2.05, 4.69) is 10.1 Å². The number of benzene rings is 1. The topological polar surface area (TPSA) is 70.5 Å². The first-order valence-electron chi connectivity index (χ1n) is 9.62. The van der Waals surface area contributed by atoms with Crippen molar-refractivity contribution in [3.63, 3.8) is 0 Å². The van der Waals surface area contributed by atoms with Gasteiger partial charge in [0.1, 0.15) is 5.82 Å². The van der Waals surface area contributed by atoms with E-state index in [9.17, 15) is 14.0 Å². The highest BCUT2D eigenvalue weighted by Crippen LogP contribution is 2.23. The molecule has 1 N–H and O–H groups in total. The Morgan fingerprint density at radius 1 is 1.32 bits per heavy atom. The number of carbonyl (C=O) groups excluding carboxylic acids is 1. The summed E-state index contributed by atoms with van der Waals surface area (Å²) in [7, 11) is 0. The average molecular weight is 382 g/mol. The first-order valence-corrected chi connectivity index (χ1v) is 9.62. The third-order valence-corrected chi connectivity index (χ3v) is 5.55. The van der Waals surface area contributed by atoms with E-state index in [0.29, 0.717) is 29.4 Å². The minimum Gasteiger partial charge on any atom is -0.338 e. The molecule has 1 aromatic carbocycles. The highest BCUT2D eigenvalue weighted by molar-refractivity contribution is 5.95. The number of piperidine rings is 1. The van der Waals surface area contributed by atoms with Crippen LogP contribution < -0.4 is 5.56 Å². The molecule has 1 fully saturated rings. The van der Waals surface area contributed by atoms with Gasteiger partial charge in [-0.15, -0.1) is 0 Å². The number of fused-ring (bicyclic) bond motifs is 1. The Morgan fingerprint density at radius 2 is 2.11 bits per heavy atom. The highest BCUT2D eigenvalue weighted by Gasteiger charge is 2.26. The van der Waals surface area contributed by atoms with Crippen LogP contribution in [0.4, 0.5) is 4.39 Å². The SMILES string of the molecule is Cc1c(C(=O)N2CCC[C@@H](CCc3ccc(F)cc3)C2)cnc2cc(=O)[nH]n12. The summed E-state index contributed by atoms with van der Waals surface area (Å²) in [6.07, 6.45) is 5.46. The summed E-state index contributed by atoms with van der Waals surface area (Å²) in [6, 6.07) is 8.03. The van der Waals surface area contributed by atoms with Crippen molar-refractivity contribution in [2.45, 2.75) is 32.6 Å². The zero-order chi connectivity index (χ0) is 19.7. The number of hydrogen-bond donors (Lipinski definition) is 1. The van der Waals surface area contributed by atoms with Gasteiger partial charge in [-0.1, -0.05) is 12.1 Å². The summed E-state index contributed by atoms with van der Waals surface area (Å²) < 4.78 is 14.6. The lowest BCUT2D eigenvalue weighted by molar-refractivity contribution is 0.0666. The molecule has 0 radical (unpaired) electrons. The number of nitrogens with zero attached hydrogens (tertiary/aromatic N) is 3. The smallest absolute Gasteiger partial charge is 0.266 e. The fraction of sp³-hybridized carbons (Fsp3) is 0.381. The molecule has 1 amide bonds. The number of aromatic nitrogens is 3. The van der Waals surface area contributed by atoms with Crippen molar-refractivity contribution in [3.05, 3.63) is 69.5 Å². The second-order valence-electron chi connectivity index (χ2n) is 7.50. The lowest BCUT2D eigenvalue weighted by Crippen LogP contribution is -2.40. The summed E-state index contributed by atoms with van der Waals surface area (Å²) in [5, 5.41) is 2.68. The molecule has 3 aromatic rings. The van der Waals surface area contributed by atoms with E-state index in [-0.39, 0.29) is 17.3 Å². The highest BCUT2D eigenvalue weighted by atomic mass is 19.1. The van der Waals surface area contributed by atoms with Crippen molar-refractivity contribution >= 4 is 11.6 Å². The second kappa shape index (κ2) is 7.58. The Kier molecular flexibility index (Phi) is 4.98. The maximum Gasteiger partial charge on any atom is 0.266 e. The number of carbonyl (C=O) groups is 1. The van der Waals surface area contributed by atoms with Crippen LogP contribution in [0.1, 0.15) is 40.9 Å². The summed E-state index contributed by atoms with van der Waals surface area (Å²) in [6.45, 7) is 3.25. The lowest BCUT2D eigenvalue weighted by Gasteiger charge is -2.33. The number of rotatable bonds is 4. The molecule has 0 bridgehead atoms. The zero-order valence-electron chi connectivity index (χ0n) is 15.8. The van der Waals surface area contributed by atoms with Gasteiger partial charge in [0.2, 0.25) is 0 Å². The molecule has 1 atom stereocenters. The molecule has 7 heteroatoms. The predicted molar refractivity (Wildman–Crippen MR) is 104 cm³/mol. The average Bonchev–Trinajstić information content (AvgIpc) is 3.09. The van der Waals surface area contributed by atoms with Crippen LogP contribution in [0.3, 0.4) is 0 Å². The van der Waals surface area contributed by atoms with E-state index in [0.717, 1.165) is 37.8 Å². The monoisotopic (exact) mass is 382 g/mol. The number of aromatic amines is 1. The van der Waals surface area contributed by atoms with Gasteiger partial charge >= 0.3 is 0 Å². The normalized spacial score (nSPS) is 17.2. The van der Waals surface area contributed by atoms with Crippen molar-refractivity contribution < 1.29 is 9.18 Å². The largest absolute Gasteiger partial charge is 0.338 e. The Labute approximate surface area is 162 Å². The van der Waals surface area contributed by atoms with Gasteiger partial charge in [-0.3, -0.25) is 14.7 Å². The third-order valence-electron chi connectivity index (χ3n) is 5.55. The van der Waals surface area contributed by atoms with Crippen molar-refractivity contribution in [2.75, 3.05) is 13.1 Å². The number of amides is 1. The zero-order valence-corrected chi connectivity index (χ0v) is 15.8. The first kappa shape index (κ1) is 18.4. The van der Waals surface area contributed by atoms with Crippen LogP contribution >= 0.6 is 0 Å². The maximum atomic E-state index is 13.1. The van der Waals surface area contributed by atoms with Gasteiger partial charge in [0.25, 0.3) is 11.5 Å². The van der Waals surface area contributed by atoms with Crippen LogP contribution in [0.25, 0.3) is 5.65 Å². The van der Waals surface area contributed by atoms with Crippen LogP contribution in [-0.4, -0.2) is 38.5 Å². The van der Waals surface area contributed by atoms with Gasteiger partial charge in [-0.25, -0.2) is 13.9 Å². The molecular weight excluding hydrogens is 359 g/mol. The summed E-state index contributed by atoms with van der Waals surface area (Å²) in [5.41, 5.74) is 2.59. The van der Waals surface area contributed by atoms with Gasteiger partial charge in [-0.05, 0) is 56.2 Å². The van der Waals surface area contributed by atoms with E-state index in [1.807, 2.05) is 24.0 Å². The maximum absolute atomic E-state index is 13.1. The number of aryl methyl sites for hydroxylation is 2. The quantitative estimate of drug-likeness (QED) is 0.754. The number of likely N-dealkylation sites (tertiary alicyclic amines) is 1. The van der Waals surface area contributed by atoms with Gasteiger partial charge < -0.3 is 4.90 Å². The minimum atomic E-state index is -0.237. The van der Waals surface area contributed by atoms with Gasteiger partial charge in [-0.2, -0.15) is 0 Å². The summed E-state index contributed by atoms with van der Waals surface area (Å²) >= 11 is 0. The molecule has 1 aliphatic rings. The van der Waals surface area contributed by atoms with Gasteiger partial charge in [0.15, 0.2) is 5.65 Å². The van der Waals surface area contributed by atoms with Gasteiger partial charge in [0.05, 0.1) is 11.3 Å². The minimum absolute atomic E-state index is 0.0482. The molecule has 0 spiro atoms. The summed E-state index contributed by atoms with van der Waals surface area (Å²) in [5.74, 6) is 0.155. The number of H-pyrrole nitrogens is 1. The molecule has 6 nitrogen and oxygen atoms in total. The van der Waals surface area contributed by atoms with Gasteiger partial charge in [0, 0.05) is 25.4 Å². The molecule has 4 rings (SSSR count). The van der Waals surface area contributed by atoms with Crippen LogP contribution in [0.15, 0.2) is 41.3 Å². The lowest BCUT2D eigenvalue weighted by atomic mass is 9.91. The van der Waals surface area contributed by atoms with E-state index in [4.69, 9.17) is 0 Å². The number of nitrogens with one attached hydrogen (secondary N) is 1. The fourth-order valence-corrected chi connectivity index (χ4v) is 3.96. The standard InChI is InChI=1S/C21H23FN4O2/c1-14-18(12-23-19-11-20(27)24-26(14)19)21(28)25-10-2-3-16(13-25)5-4-15-6-8-17(22)9-7-15/h6-9,11-12,16H,2-5,10,13H2,1H3,(H,24,27)/t16-/m0/s1. The van der Waals surface area contributed by atoms with Crippen LogP contribution in [-0.2, 0) is 6.42 Å². The second-order valence-corrected chi connectivity index (χ2v) is 7.50.